The van der Waals surface area contributed by atoms with E-state index in [0.717, 1.165) is 31.2 Å². The third kappa shape index (κ3) is 1.75. The Morgan fingerprint density at radius 1 is 1.10 bits per heavy atom. The summed E-state index contributed by atoms with van der Waals surface area (Å²) in [7, 11) is 0. The van der Waals surface area contributed by atoms with Crippen LogP contribution in [0.4, 0.5) is 0 Å². The Balaban J connectivity index is 1.71. The molecule has 0 saturated heterocycles. The van der Waals surface area contributed by atoms with E-state index in [2.05, 4.69) is 30.3 Å². The molecule has 0 saturated carbocycles. The van der Waals surface area contributed by atoms with Crippen molar-refractivity contribution in [3.05, 3.63) is 70.8 Å². The zero-order chi connectivity index (χ0) is 14.4. The quantitative estimate of drug-likeness (QED) is 0.929. The molecule has 2 nitrogen and oxygen atoms in total. The highest BCUT2D eigenvalue weighted by Gasteiger charge is 2.48. The Kier molecular flexibility index (Phi) is 2.68. The smallest absolute Gasteiger partial charge is 0.314 e. The van der Waals surface area contributed by atoms with Crippen molar-refractivity contribution in [3.8, 4) is 0 Å². The number of aryl methyl sites for hydroxylation is 1. The molecular weight excluding hydrogens is 260 g/mol. The molecule has 2 atom stereocenters. The van der Waals surface area contributed by atoms with Crippen molar-refractivity contribution in [1.82, 2.24) is 0 Å². The summed E-state index contributed by atoms with van der Waals surface area (Å²) in [6.07, 6.45) is 3.38. The summed E-state index contributed by atoms with van der Waals surface area (Å²) in [6.45, 7) is 0. The van der Waals surface area contributed by atoms with Crippen molar-refractivity contribution in [2.45, 2.75) is 37.0 Å². The van der Waals surface area contributed by atoms with Crippen LogP contribution in [0.25, 0.3) is 0 Å². The van der Waals surface area contributed by atoms with Crippen LogP contribution >= 0.6 is 0 Å². The number of carboxylic acid groups (broad SMARTS) is 1. The number of aliphatic carboxylic acids is 1. The lowest BCUT2D eigenvalue weighted by Gasteiger charge is -2.36. The zero-order valence-electron chi connectivity index (χ0n) is 11.9. The minimum atomic E-state index is -0.686. The lowest BCUT2D eigenvalue weighted by Crippen LogP contribution is -2.37. The van der Waals surface area contributed by atoms with Crippen molar-refractivity contribution >= 4 is 5.97 Å². The summed E-state index contributed by atoms with van der Waals surface area (Å²) < 4.78 is 0. The molecule has 2 unspecified atom stereocenters. The highest BCUT2D eigenvalue weighted by Crippen LogP contribution is 2.49. The number of rotatable bonds is 3. The van der Waals surface area contributed by atoms with Gasteiger partial charge < -0.3 is 5.11 Å². The molecule has 2 heteroatoms. The van der Waals surface area contributed by atoms with Gasteiger partial charge in [0.2, 0.25) is 0 Å². The van der Waals surface area contributed by atoms with Crippen LogP contribution in [-0.2, 0) is 23.1 Å². The highest BCUT2D eigenvalue weighted by atomic mass is 16.4. The van der Waals surface area contributed by atoms with E-state index in [-0.39, 0.29) is 0 Å². The first-order valence-electron chi connectivity index (χ1n) is 7.60. The van der Waals surface area contributed by atoms with Gasteiger partial charge in [0.25, 0.3) is 0 Å². The molecule has 0 heterocycles. The molecule has 1 N–H and O–H groups in total. The second kappa shape index (κ2) is 4.45. The molecule has 0 amide bonds. The summed E-state index contributed by atoms with van der Waals surface area (Å²) in [5.74, 6) is -0.264. The van der Waals surface area contributed by atoms with Gasteiger partial charge in [0.1, 0.15) is 0 Å². The van der Waals surface area contributed by atoms with Crippen molar-refractivity contribution in [2.24, 2.45) is 0 Å². The maximum atomic E-state index is 12.1. The average Bonchev–Trinajstić information content (AvgIpc) is 2.85. The Hall–Kier alpha value is -2.09. The van der Waals surface area contributed by atoms with Gasteiger partial charge in [-0.25, -0.2) is 0 Å². The van der Waals surface area contributed by atoms with Crippen LogP contribution in [0.1, 0.15) is 41.0 Å². The third-order valence-corrected chi connectivity index (χ3v) is 5.32. The van der Waals surface area contributed by atoms with Crippen LogP contribution in [-0.4, -0.2) is 11.1 Å². The van der Waals surface area contributed by atoms with E-state index in [1.54, 1.807) is 0 Å². The molecule has 106 valence electrons. The van der Waals surface area contributed by atoms with Gasteiger partial charge >= 0.3 is 5.97 Å². The number of hydrogen-bond acceptors (Lipinski definition) is 1. The first-order chi connectivity index (χ1) is 10.2. The molecule has 2 aliphatic rings. The largest absolute Gasteiger partial charge is 0.481 e. The average molecular weight is 278 g/mol. The standard InChI is InChI=1S/C19H18O2/c20-18(21)19(10-9-13-5-2-4-8-17(13)19)12-15-11-14-6-1-3-7-16(14)15/h1-8,15H,9-12H2,(H,20,21). The van der Waals surface area contributed by atoms with E-state index in [1.807, 2.05) is 18.2 Å². The van der Waals surface area contributed by atoms with Crippen LogP contribution in [0, 0.1) is 0 Å². The highest BCUT2D eigenvalue weighted by molar-refractivity contribution is 5.83. The Morgan fingerprint density at radius 3 is 2.57 bits per heavy atom. The minimum absolute atomic E-state index is 0.392. The molecule has 0 aromatic heterocycles. The topological polar surface area (TPSA) is 37.3 Å². The monoisotopic (exact) mass is 278 g/mol. The van der Waals surface area contributed by atoms with Crippen LogP contribution in [0.5, 0.6) is 0 Å². The van der Waals surface area contributed by atoms with Crippen molar-refractivity contribution in [3.63, 3.8) is 0 Å². The molecule has 2 aromatic rings. The summed E-state index contributed by atoms with van der Waals surface area (Å²) in [6, 6.07) is 16.5. The maximum absolute atomic E-state index is 12.1. The lowest BCUT2D eigenvalue weighted by molar-refractivity contribution is -0.144. The van der Waals surface area contributed by atoms with E-state index in [0.29, 0.717) is 5.92 Å². The molecule has 2 aliphatic carbocycles. The Morgan fingerprint density at radius 2 is 1.81 bits per heavy atom. The second-order valence-electron chi connectivity index (χ2n) is 6.35. The van der Waals surface area contributed by atoms with E-state index < -0.39 is 11.4 Å². The Labute approximate surface area is 124 Å². The zero-order valence-corrected chi connectivity index (χ0v) is 11.9. The molecule has 4 rings (SSSR count). The predicted octanol–water partition coefficient (Wildman–Crippen LogP) is 3.69. The lowest BCUT2D eigenvalue weighted by atomic mass is 9.66. The number of carbonyl (C=O) groups is 1. The molecule has 0 fully saturated rings. The van der Waals surface area contributed by atoms with Crippen LogP contribution < -0.4 is 0 Å². The fourth-order valence-electron chi connectivity index (χ4n) is 4.17. The molecule has 0 radical (unpaired) electrons. The van der Waals surface area contributed by atoms with Gasteiger partial charge in [-0.2, -0.15) is 0 Å². The molecule has 0 bridgehead atoms. The van der Waals surface area contributed by atoms with Crippen LogP contribution in [0.3, 0.4) is 0 Å². The SMILES string of the molecule is O=C(O)C1(CC2Cc3ccccc32)CCc2ccccc21. The first-order valence-corrected chi connectivity index (χ1v) is 7.60. The van der Waals surface area contributed by atoms with Gasteiger partial charge in [-0.05, 0) is 53.9 Å². The molecule has 2 aromatic carbocycles. The van der Waals surface area contributed by atoms with Gasteiger partial charge in [0.05, 0.1) is 5.41 Å². The van der Waals surface area contributed by atoms with Crippen molar-refractivity contribution < 1.29 is 9.90 Å². The van der Waals surface area contributed by atoms with Gasteiger partial charge in [-0.1, -0.05) is 48.5 Å². The number of hydrogen-bond donors (Lipinski definition) is 1. The Bertz CT molecular complexity index is 719. The molecule has 21 heavy (non-hydrogen) atoms. The van der Waals surface area contributed by atoms with Crippen molar-refractivity contribution in [2.75, 3.05) is 0 Å². The first kappa shape index (κ1) is 12.6. The maximum Gasteiger partial charge on any atom is 0.314 e. The molecular formula is C19H18O2. The van der Waals surface area contributed by atoms with E-state index in [1.165, 1.54) is 16.7 Å². The summed E-state index contributed by atoms with van der Waals surface area (Å²) in [5, 5.41) is 9.93. The van der Waals surface area contributed by atoms with Gasteiger partial charge in [-0.15, -0.1) is 0 Å². The normalized spacial score (nSPS) is 25.8. The van der Waals surface area contributed by atoms with Crippen LogP contribution in [0.2, 0.25) is 0 Å². The fraction of sp³-hybridized carbons (Fsp3) is 0.316. The van der Waals surface area contributed by atoms with Crippen molar-refractivity contribution in [1.29, 1.82) is 0 Å². The number of benzene rings is 2. The van der Waals surface area contributed by atoms with E-state index >= 15 is 0 Å². The summed E-state index contributed by atoms with van der Waals surface area (Å²) >= 11 is 0. The number of carboxylic acids is 1. The third-order valence-electron chi connectivity index (χ3n) is 5.32. The van der Waals surface area contributed by atoms with Crippen LogP contribution in [0.15, 0.2) is 48.5 Å². The fourth-order valence-corrected chi connectivity index (χ4v) is 4.17. The minimum Gasteiger partial charge on any atom is -0.481 e. The van der Waals surface area contributed by atoms with Gasteiger partial charge in [0, 0.05) is 0 Å². The van der Waals surface area contributed by atoms with E-state index in [9.17, 15) is 9.90 Å². The van der Waals surface area contributed by atoms with E-state index in [4.69, 9.17) is 0 Å². The second-order valence-corrected chi connectivity index (χ2v) is 6.35. The molecule has 0 spiro atoms. The van der Waals surface area contributed by atoms with Gasteiger partial charge in [0.15, 0.2) is 0 Å². The predicted molar refractivity (Wildman–Crippen MR) is 81.6 cm³/mol. The summed E-state index contributed by atoms with van der Waals surface area (Å²) in [4.78, 5) is 12.1. The summed E-state index contributed by atoms with van der Waals surface area (Å²) in [5.41, 5.74) is 4.31. The number of fused-ring (bicyclic) bond motifs is 2. The molecule has 0 aliphatic heterocycles. The van der Waals surface area contributed by atoms with Gasteiger partial charge in [-0.3, -0.25) is 4.79 Å².